The van der Waals surface area contributed by atoms with Crippen LogP contribution in [0.1, 0.15) is 44.5 Å². The van der Waals surface area contributed by atoms with E-state index in [0.717, 1.165) is 38.9 Å². The number of piperidine rings is 1. The van der Waals surface area contributed by atoms with Gasteiger partial charge in [0.05, 0.1) is 6.42 Å². The summed E-state index contributed by atoms with van der Waals surface area (Å²) in [5, 5.41) is 3.16. The topological polar surface area (TPSA) is 70.8 Å². The van der Waals surface area contributed by atoms with E-state index in [9.17, 15) is 9.70 Å². The van der Waals surface area contributed by atoms with Gasteiger partial charge >= 0.3 is 0 Å². The predicted molar refractivity (Wildman–Crippen MR) is 89.0 cm³/mol. The molecule has 0 N–H and O–H groups in total. The Kier molecular flexibility index (Phi) is 6.27. The predicted octanol–water partition coefficient (Wildman–Crippen LogP) is 2.04. The zero-order valence-corrected chi connectivity index (χ0v) is 14.3. The molecule has 0 bridgehead atoms. The highest BCUT2D eigenvalue weighted by Crippen LogP contribution is 2.23. The van der Waals surface area contributed by atoms with Crippen LogP contribution in [0.5, 0.6) is 0 Å². The number of aryl methyl sites for hydroxylation is 1. The maximum atomic E-state index is 12.5. The molecule has 0 saturated carbocycles. The van der Waals surface area contributed by atoms with Crippen LogP contribution in [0.4, 0.5) is 0 Å². The molecule has 0 spiro atoms. The van der Waals surface area contributed by atoms with E-state index in [1.807, 2.05) is 15.7 Å². The molecule has 1 aliphatic heterocycles. The van der Waals surface area contributed by atoms with E-state index < -0.39 is 6.04 Å². The molecular weight excluding hydrogens is 294 g/mol. The van der Waals surface area contributed by atoms with Crippen molar-refractivity contribution in [1.29, 1.82) is 0 Å². The van der Waals surface area contributed by atoms with Crippen LogP contribution in [0.15, 0.2) is 17.6 Å². The van der Waals surface area contributed by atoms with Gasteiger partial charge in [-0.1, -0.05) is 12.1 Å². The van der Waals surface area contributed by atoms with Gasteiger partial charge in [-0.2, -0.15) is 4.91 Å². The van der Waals surface area contributed by atoms with Crippen LogP contribution in [-0.2, 0) is 11.3 Å². The number of imidazole rings is 1. The molecule has 1 amide bonds. The Labute approximate surface area is 137 Å². The molecule has 2 heterocycles. The summed E-state index contributed by atoms with van der Waals surface area (Å²) in [6, 6.07) is -0.168. The summed E-state index contributed by atoms with van der Waals surface area (Å²) in [4.78, 5) is 32.0. The summed E-state index contributed by atoms with van der Waals surface area (Å²) in [6.07, 6.45) is 6.50. The second-order valence-corrected chi connectivity index (χ2v) is 6.38. The Morgan fingerprint density at radius 3 is 2.70 bits per heavy atom. The fourth-order valence-corrected chi connectivity index (χ4v) is 3.15. The van der Waals surface area contributed by atoms with Gasteiger partial charge in [-0.05, 0) is 33.4 Å². The number of hydrogen-bond acceptors (Lipinski definition) is 5. The van der Waals surface area contributed by atoms with E-state index in [4.69, 9.17) is 0 Å². The summed E-state index contributed by atoms with van der Waals surface area (Å²) >= 11 is 0. The molecule has 0 radical (unpaired) electrons. The fourth-order valence-electron chi connectivity index (χ4n) is 3.15. The van der Waals surface area contributed by atoms with Gasteiger partial charge < -0.3 is 14.4 Å². The van der Waals surface area contributed by atoms with Crippen molar-refractivity contribution in [1.82, 2.24) is 19.4 Å². The highest BCUT2D eigenvalue weighted by molar-refractivity contribution is 5.77. The number of hydrogen-bond donors (Lipinski definition) is 0. The minimum Gasteiger partial charge on any atom is -0.343 e. The Bertz CT molecular complexity index is 520. The lowest BCUT2D eigenvalue weighted by atomic mass is 10.0. The Morgan fingerprint density at radius 2 is 2.13 bits per heavy atom. The number of nitroso groups, excluding NO2 is 1. The standard InChI is InChI=1S/C16H27N5O2/c1-4-8-21-11-7-17-16(21)14(18-23)12-15(22)20-9-5-13(6-10-20)19(2)3/h7,11,13-14H,4-6,8-10,12H2,1-3H3. The first kappa shape index (κ1) is 17.6. The molecule has 0 aliphatic carbocycles. The SMILES string of the molecule is CCCn1ccnc1C(CC(=O)N1CCC(N(C)C)CC1)N=O. The summed E-state index contributed by atoms with van der Waals surface area (Å²) in [7, 11) is 4.14. The number of amides is 1. The van der Waals surface area contributed by atoms with Crippen LogP contribution in [-0.4, -0.2) is 58.5 Å². The molecule has 1 atom stereocenters. The van der Waals surface area contributed by atoms with Crippen molar-refractivity contribution >= 4 is 5.91 Å². The van der Waals surface area contributed by atoms with Crippen molar-refractivity contribution in [3.63, 3.8) is 0 Å². The quantitative estimate of drug-likeness (QED) is 0.721. The average molecular weight is 321 g/mol. The second-order valence-electron chi connectivity index (χ2n) is 6.38. The monoisotopic (exact) mass is 321 g/mol. The Balaban J connectivity index is 1.95. The smallest absolute Gasteiger partial charge is 0.225 e. The molecule has 1 aromatic heterocycles. The number of rotatable bonds is 7. The van der Waals surface area contributed by atoms with Crippen LogP contribution < -0.4 is 0 Å². The minimum atomic E-state index is -0.698. The lowest BCUT2D eigenvalue weighted by Gasteiger charge is -2.35. The van der Waals surface area contributed by atoms with Gasteiger partial charge in [-0.15, -0.1) is 0 Å². The van der Waals surface area contributed by atoms with Gasteiger partial charge in [-0.3, -0.25) is 4.79 Å². The molecule has 1 aromatic rings. The maximum absolute atomic E-state index is 12.5. The highest BCUT2D eigenvalue weighted by atomic mass is 16.3. The van der Waals surface area contributed by atoms with Gasteiger partial charge in [-0.25, -0.2) is 4.98 Å². The number of likely N-dealkylation sites (tertiary alicyclic amines) is 1. The number of carbonyl (C=O) groups is 1. The van der Waals surface area contributed by atoms with Crippen molar-refractivity contribution in [2.75, 3.05) is 27.2 Å². The van der Waals surface area contributed by atoms with Crippen molar-refractivity contribution < 1.29 is 4.79 Å². The molecule has 2 rings (SSSR count). The van der Waals surface area contributed by atoms with Gasteiger partial charge in [0.25, 0.3) is 0 Å². The van der Waals surface area contributed by atoms with E-state index in [1.54, 1.807) is 6.20 Å². The van der Waals surface area contributed by atoms with Crippen LogP contribution >= 0.6 is 0 Å². The molecule has 7 nitrogen and oxygen atoms in total. The molecule has 1 aliphatic rings. The third kappa shape index (κ3) is 4.37. The Morgan fingerprint density at radius 1 is 1.43 bits per heavy atom. The average Bonchev–Trinajstić information content (AvgIpc) is 3.01. The van der Waals surface area contributed by atoms with Crippen molar-refractivity contribution in [2.45, 2.75) is 51.2 Å². The zero-order chi connectivity index (χ0) is 16.8. The third-order valence-electron chi connectivity index (χ3n) is 4.55. The molecule has 1 saturated heterocycles. The van der Waals surface area contributed by atoms with E-state index in [-0.39, 0.29) is 12.3 Å². The molecular formula is C16H27N5O2. The molecule has 1 fully saturated rings. The van der Waals surface area contributed by atoms with Gasteiger partial charge in [0.1, 0.15) is 5.82 Å². The summed E-state index contributed by atoms with van der Waals surface area (Å²) in [5.41, 5.74) is 0. The van der Waals surface area contributed by atoms with Gasteiger partial charge in [0, 0.05) is 38.1 Å². The number of nitrogens with zero attached hydrogens (tertiary/aromatic N) is 5. The molecule has 128 valence electrons. The second kappa shape index (κ2) is 8.19. The first-order valence-corrected chi connectivity index (χ1v) is 8.34. The van der Waals surface area contributed by atoms with Crippen LogP contribution in [0.25, 0.3) is 0 Å². The molecule has 23 heavy (non-hydrogen) atoms. The third-order valence-corrected chi connectivity index (χ3v) is 4.55. The normalized spacial score (nSPS) is 17.5. The number of aromatic nitrogens is 2. The van der Waals surface area contributed by atoms with E-state index in [1.165, 1.54) is 0 Å². The lowest BCUT2D eigenvalue weighted by molar-refractivity contribution is -0.133. The van der Waals surface area contributed by atoms with E-state index >= 15 is 0 Å². The summed E-state index contributed by atoms with van der Waals surface area (Å²) < 4.78 is 1.91. The van der Waals surface area contributed by atoms with Crippen LogP contribution in [0, 0.1) is 4.91 Å². The van der Waals surface area contributed by atoms with Crippen molar-refractivity contribution in [3.8, 4) is 0 Å². The first-order chi connectivity index (χ1) is 11.1. The largest absolute Gasteiger partial charge is 0.343 e. The van der Waals surface area contributed by atoms with E-state index in [0.29, 0.717) is 11.9 Å². The highest BCUT2D eigenvalue weighted by Gasteiger charge is 2.28. The maximum Gasteiger partial charge on any atom is 0.225 e. The Hall–Kier alpha value is -1.76. The molecule has 7 heteroatoms. The van der Waals surface area contributed by atoms with Crippen LogP contribution in [0.3, 0.4) is 0 Å². The number of carbonyl (C=O) groups excluding carboxylic acids is 1. The molecule has 0 aromatic carbocycles. The summed E-state index contributed by atoms with van der Waals surface area (Å²) in [6.45, 7) is 4.34. The van der Waals surface area contributed by atoms with Gasteiger partial charge in [0.15, 0.2) is 6.04 Å². The van der Waals surface area contributed by atoms with E-state index in [2.05, 4.69) is 36.1 Å². The lowest BCUT2D eigenvalue weighted by Crippen LogP contribution is -2.44. The van der Waals surface area contributed by atoms with Gasteiger partial charge in [0.2, 0.25) is 5.91 Å². The van der Waals surface area contributed by atoms with Crippen LogP contribution in [0.2, 0.25) is 0 Å². The first-order valence-electron chi connectivity index (χ1n) is 8.34. The van der Waals surface area contributed by atoms with Crippen molar-refractivity contribution in [2.24, 2.45) is 5.18 Å². The minimum absolute atomic E-state index is 0.00199. The van der Waals surface area contributed by atoms with Crippen molar-refractivity contribution in [3.05, 3.63) is 23.1 Å². The summed E-state index contributed by atoms with van der Waals surface area (Å²) in [5.74, 6) is 0.594. The molecule has 1 unspecified atom stereocenters. The zero-order valence-electron chi connectivity index (χ0n) is 14.3. The fraction of sp³-hybridized carbons (Fsp3) is 0.750.